The molecule has 190 valence electrons. The second-order valence-electron chi connectivity index (χ2n) is 12.2. The van der Waals surface area contributed by atoms with Crippen molar-refractivity contribution < 1.29 is 9.53 Å². The van der Waals surface area contributed by atoms with Crippen LogP contribution in [0, 0.1) is 5.41 Å². The Morgan fingerprint density at radius 1 is 1.29 bits per heavy atom. The summed E-state index contributed by atoms with van der Waals surface area (Å²) < 4.78 is 9.85. The number of aryl methyl sites for hydroxylation is 1. The molecule has 0 radical (unpaired) electrons. The lowest BCUT2D eigenvalue weighted by atomic mass is 9.76. The SMILES string of the molecule is CC(C)NC(=O)c1cn(COCC[Si](C)(C)C)c2ncc(-c3nn(C)c4c3CCC(C)(C)C4)nc12. The van der Waals surface area contributed by atoms with E-state index in [1.54, 1.807) is 6.20 Å². The molecule has 35 heavy (non-hydrogen) atoms. The van der Waals surface area contributed by atoms with Gasteiger partial charge in [-0.15, -0.1) is 0 Å². The van der Waals surface area contributed by atoms with Gasteiger partial charge >= 0.3 is 0 Å². The Hall–Kier alpha value is -2.52. The van der Waals surface area contributed by atoms with E-state index in [-0.39, 0.29) is 17.4 Å². The van der Waals surface area contributed by atoms with Crippen LogP contribution in [0.15, 0.2) is 12.4 Å². The largest absolute Gasteiger partial charge is 0.361 e. The van der Waals surface area contributed by atoms with Crippen LogP contribution in [0.5, 0.6) is 0 Å². The van der Waals surface area contributed by atoms with Crippen molar-refractivity contribution in [2.75, 3.05) is 6.61 Å². The van der Waals surface area contributed by atoms with Gasteiger partial charge in [-0.2, -0.15) is 5.10 Å². The summed E-state index contributed by atoms with van der Waals surface area (Å²) >= 11 is 0. The highest BCUT2D eigenvalue weighted by molar-refractivity contribution is 6.76. The topological polar surface area (TPSA) is 86.9 Å². The Morgan fingerprint density at radius 3 is 2.71 bits per heavy atom. The second kappa shape index (κ2) is 9.50. The molecule has 0 aromatic carbocycles. The minimum Gasteiger partial charge on any atom is -0.361 e. The molecular formula is C26H40N6O2Si. The van der Waals surface area contributed by atoms with E-state index in [1.807, 2.05) is 36.3 Å². The van der Waals surface area contributed by atoms with E-state index in [0.717, 1.165) is 31.0 Å². The molecule has 1 aliphatic rings. The molecule has 1 N–H and O–H groups in total. The molecular weight excluding hydrogens is 456 g/mol. The molecule has 9 heteroatoms. The monoisotopic (exact) mass is 496 g/mol. The summed E-state index contributed by atoms with van der Waals surface area (Å²) in [6.45, 7) is 16.6. The Labute approximate surface area is 209 Å². The zero-order valence-corrected chi connectivity index (χ0v) is 23.5. The average Bonchev–Trinajstić information content (AvgIpc) is 3.26. The number of ether oxygens (including phenoxy) is 1. The minimum absolute atomic E-state index is 0.0243. The number of carbonyl (C=O) groups is 1. The Morgan fingerprint density at radius 2 is 2.03 bits per heavy atom. The van der Waals surface area contributed by atoms with E-state index in [4.69, 9.17) is 19.8 Å². The molecule has 1 aliphatic carbocycles. The summed E-state index contributed by atoms with van der Waals surface area (Å²) in [4.78, 5) is 22.8. The quantitative estimate of drug-likeness (QED) is 0.358. The third-order valence-electron chi connectivity index (χ3n) is 6.67. The summed E-state index contributed by atoms with van der Waals surface area (Å²) in [6.07, 6.45) is 6.68. The summed E-state index contributed by atoms with van der Waals surface area (Å²) in [7, 11) is 0.826. The number of aromatic nitrogens is 5. The zero-order chi connectivity index (χ0) is 25.5. The van der Waals surface area contributed by atoms with E-state index in [9.17, 15) is 4.79 Å². The van der Waals surface area contributed by atoms with Crippen molar-refractivity contribution in [1.29, 1.82) is 0 Å². The standard InChI is InChI=1S/C26H40N6O2Si/c1-17(2)28-25(33)19-15-32(16-34-11-12-35(6,7)8)24-23(19)29-20(14-27-24)22-18-9-10-26(3,4)13-21(18)31(5)30-22/h14-15,17H,9-13,16H2,1-8H3,(H,28,33). The maximum Gasteiger partial charge on any atom is 0.255 e. The van der Waals surface area contributed by atoms with Crippen LogP contribution in [0.4, 0.5) is 0 Å². The fraction of sp³-hybridized carbons (Fsp3) is 0.615. The molecule has 1 amide bonds. The van der Waals surface area contributed by atoms with Crippen molar-refractivity contribution in [3.05, 3.63) is 29.2 Å². The van der Waals surface area contributed by atoms with Crippen LogP contribution in [-0.4, -0.2) is 50.9 Å². The highest BCUT2D eigenvalue weighted by Gasteiger charge is 2.31. The molecule has 0 unspecified atom stereocenters. The smallest absolute Gasteiger partial charge is 0.255 e. The number of hydrogen-bond donors (Lipinski definition) is 1. The summed E-state index contributed by atoms with van der Waals surface area (Å²) in [5, 5.41) is 7.83. The van der Waals surface area contributed by atoms with Gasteiger partial charge in [0.05, 0.1) is 11.8 Å². The van der Waals surface area contributed by atoms with Crippen LogP contribution in [0.2, 0.25) is 25.7 Å². The van der Waals surface area contributed by atoms with Gasteiger partial charge < -0.3 is 14.6 Å². The lowest BCUT2D eigenvalue weighted by Crippen LogP contribution is -2.30. The zero-order valence-electron chi connectivity index (χ0n) is 22.5. The lowest BCUT2D eigenvalue weighted by Gasteiger charge is -2.29. The molecule has 3 aromatic rings. The number of carbonyl (C=O) groups excluding carboxylic acids is 1. The molecule has 0 fully saturated rings. The van der Waals surface area contributed by atoms with Gasteiger partial charge in [0.25, 0.3) is 5.91 Å². The van der Waals surface area contributed by atoms with Gasteiger partial charge in [-0.3, -0.25) is 9.48 Å². The molecule has 0 atom stereocenters. The van der Waals surface area contributed by atoms with E-state index in [0.29, 0.717) is 35.8 Å². The van der Waals surface area contributed by atoms with Gasteiger partial charge in [-0.05, 0) is 44.6 Å². The van der Waals surface area contributed by atoms with Gasteiger partial charge in [-0.25, -0.2) is 9.97 Å². The van der Waals surface area contributed by atoms with Crippen LogP contribution >= 0.6 is 0 Å². The van der Waals surface area contributed by atoms with Crippen molar-refractivity contribution in [3.63, 3.8) is 0 Å². The Balaban J connectivity index is 1.71. The molecule has 3 aromatic heterocycles. The molecule has 0 bridgehead atoms. The van der Waals surface area contributed by atoms with E-state index in [1.165, 1.54) is 11.3 Å². The number of amides is 1. The van der Waals surface area contributed by atoms with Crippen molar-refractivity contribution in [2.24, 2.45) is 12.5 Å². The van der Waals surface area contributed by atoms with Crippen molar-refractivity contribution in [2.45, 2.75) is 85.4 Å². The van der Waals surface area contributed by atoms with E-state index in [2.05, 4.69) is 38.8 Å². The predicted octanol–water partition coefficient (Wildman–Crippen LogP) is 4.80. The third kappa shape index (κ3) is 5.67. The maximum absolute atomic E-state index is 13.1. The first-order valence-corrected chi connectivity index (χ1v) is 16.3. The summed E-state index contributed by atoms with van der Waals surface area (Å²) in [5.41, 5.74) is 6.14. The number of fused-ring (bicyclic) bond motifs is 2. The number of rotatable bonds is 8. The number of nitrogens with zero attached hydrogens (tertiary/aromatic N) is 5. The van der Waals surface area contributed by atoms with Gasteiger partial charge in [0, 0.05) is 45.2 Å². The van der Waals surface area contributed by atoms with Gasteiger partial charge in [-0.1, -0.05) is 33.5 Å². The molecule has 0 saturated heterocycles. The summed E-state index contributed by atoms with van der Waals surface area (Å²) in [6, 6.07) is 1.11. The van der Waals surface area contributed by atoms with Crippen LogP contribution in [-0.2, 0) is 31.4 Å². The number of nitrogens with one attached hydrogen (secondary N) is 1. The first-order chi connectivity index (χ1) is 16.3. The van der Waals surface area contributed by atoms with Gasteiger partial charge in [0.1, 0.15) is 23.6 Å². The lowest BCUT2D eigenvalue weighted by molar-refractivity contribution is 0.0890. The maximum atomic E-state index is 13.1. The first kappa shape index (κ1) is 25.6. The van der Waals surface area contributed by atoms with Gasteiger partial charge in [0.15, 0.2) is 5.65 Å². The first-order valence-electron chi connectivity index (χ1n) is 12.6. The van der Waals surface area contributed by atoms with Crippen LogP contribution in [0.3, 0.4) is 0 Å². The fourth-order valence-electron chi connectivity index (χ4n) is 4.61. The molecule has 0 spiro atoms. The van der Waals surface area contributed by atoms with Crippen molar-refractivity contribution >= 4 is 25.1 Å². The van der Waals surface area contributed by atoms with Crippen LogP contribution in [0.25, 0.3) is 22.6 Å². The average molecular weight is 497 g/mol. The fourth-order valence-corrected chi connectivity index (χ4v) is 5.37. The van der Waals surface area contributed by atoms with Crippen molar-refractivity contribution in [1.82, 2.24) is 29.6 Å². The molecule has 8 nitrogen and oxygen atoms in total. The van der Waals surface area contributed by atoms with E-state index >= 15 is 0 Å². The molecule has 0 saturated carbocycles. The van der Waals surface area contributed by atoms with Gasteiger partial charge in [0.2, 0.25) is 0 Å². The van der Waals surface area contributed by atoms with Crippen LogP contribution < -0.4 is 5.32 Å². The Kier molecular flexibility index (Phi) is 6.94. The molecule has 0 aliphatic heterocycles. The van der Waals surface area contributed by atoms with Crippen molar-refractivity contribution in [3.8, 4) is 11.4 Å². The minimum atomic E-state index is -1.18. The molecule has 4 rings (SSSR count). The normalized spacial score (nSPS) is 15.6. The van der Waals surface area contributed by atoms with E-state index < -0.39 is 8.07 Å². The third-order valence-corrected chi connectivity index (χ3v) is 8.38. The highest BCUT2D eigenvalue weighted by atomic mass is 28.3. The Bertz CT molecular complexity index is 1230. The van der Waals surface area contributed by atoms with Crippen LogP contribution in [0.1, 0.15) is 55.7 Å². The second-order valence-corrected chi connectivity index (χ2v) is 17.8. The number of hydrogen-bond acceptors (Lipinski definition) is 5. The molecule has 3 heterocycles. The summed E-state index contributed by atoms with van der Waals surface area (Å²) in [5.74, 6) is -0.151. The highest BCUT2D eigenvalue weighted by Crippen LogP contribution is 2.38. The predicted molar refractivity (Wildman–Crippen MR) is 142 cm³/mol.